The Morgan fingerprint density at radius 3 is 2.53 bits per heavy atom. The summed E-state index contributed by atoms with van der Waals surface area (Å²) in [5.74, 6) is 1.46. The maximum absolute atomic E-state index is 9.72. The highest BCUT2D eigenvalue weighted by molar-refractivity contribution is 5.04. The van der Waals surface area contributed by atoms with Crippen LogP contribution in [0.2, 0.25) is 0 Å². The summed E-state index contributed by atoms with van der Waals surface area (Å²) in [6.07, 6.45) is 0.813. The summed E-state index contributed by atoms with van der Waals surface area (Å²) >= 11 is 0. The molecule has 0 aromatic carbocycles. The monoisotopic (exact) mass is 238 g/mol. The van der Waals surface area contributed by atoms with E-state index in [0.717, 1.165) is 30.5 Å². The van der Waals surface area contributed by atoms with Gasteiger partial charge in [-0.25, -0.2) is 0 Å². The van der Waals surface area contributed by atoms with E-state index in [2.05, 4.69) is 23.6 Å². The molecule has 2 unspecified atom stereocenters. The molecule has 0 aromatic rings. The number of rotatable bonds is 4. The smallest absolute Gasteiger partial charge is 0.0921 e. The molecular formula is C14H26N2O. The summed E-state index contributed by atoms with van der Waals surface area (Å²) < 4.78 is 0. The molecule has 17 heavy (non-hydrogen) atoms. The molecule has 2 fully saturated rings. The average molecular weight is 238 g/mol. The van der Waals surface area contributed by atoms with Crippen molar-refractivity contribution in [2.45, 2.75) is 46.2 Å². The Labute approximate surface area is 105 Å². The Morgan fingerprint density at radius 2 is 1.94 bits per heavy atom. The fourth-order valence-electron chi connectivity index (χ4n) is 2.96. The third kappa shape index (κ3) is 2.66. The fraction of sp³-hybridized carbons (Fsp3) is 0.857. The molecule has 0 spiro atoms. The summed E-state index contributed by atoms with van der Waals surface area (Å²) in [4.78, 5) is 5.11. The van der Waals surface area contributed by atoms with E-state index in [1.807, 2.05) is 13.8 Å². The Bertz CT molecular complexity index is 307. The number of nitrogens with zero attached hydrogens (tertiary/aromatic N) is 2. The van der Waals surface area contributed by atoms with Gasteiger partial charge in [0.25, 0.3) is 0 Å². The van der Waals surface area contributed by atoms with Gasteiger partial charge in [0.15, 0.2) is 0 Å². The van der Waals surface area contributed by atoms with Crippen molar-refractivity contribution in [3.8, 4) is 0 Å². The van der Waals surface area contributed by atoms with Gasteiger partial charge < -0.3 is 5.11 Å². The van der Waals surface area contributed by atoms with E-state index in [-0.39, 0.29) is 0 Å². The second kappa shape index (κ2) is 4.99. The minimum Gasteiger partial charge on any atom is -0.512 e. The van der Waals surface area contributed by atoms with Crippen LogP contribution in [0.4, 0.5) is 0 Å². The summed E-state index contributed by atoms with van der Waals surface area (Å²) in [6.45, 7) is 13.3. The molecule has 0 amide bonds. The minimum atomic E-state index is 0.576. The van der Waals surface area contributed by atoms with Crippen LogP contribution in [-0.4, -0.2) is 53.2 Å². The average Bonchev–Trinajstić information content (AvgIpc) is 2.56. The number of aliphatic hydroxyl groups is 1. The van der Waals surface area contributed by atoms with Gasteiger partial charge in [-0.1, -0.05) is 0 Å². The van der Waals surface area contributed by atoms with E-state index in [4.69, 9.17) is 0 Å². The van der Waals surface area contributed by atoms with Crippen LogP contribution in [0.25, 0.3) is 0 Å². The maximum Gasteiger partial charge on any atom is 0.0921 e. The molecule has 2 aliphatic rings. The number of fused-ring (bicyclic) bond motifs is 1. The van der Waals surface area contributed by atoms with Gasteiger partial charge in [-0.15, -0.1) is 0 Å². The topological polar surface area (TPSA) is 26.7 Å². The predicted octanol–water partition coefficient (Wildman–Crippen LogP) is 2.25. The second-order valence-electron chi connectivity index (χ2n) is 6.07. The summed E-state index contributed by atoms with van der Waals surface area (Å²) in [5.41, 5.74) is 1.05. The number of hydrogen-bond donors (Lipinski definition) is 1. The number of aliphatic hydroxyl groups excluding tert-OH is 1. The van der Waals surface area contributed by atoms with E-state index in [9.17, 15) is 5.11 Å². The van der Waals surface area contributed by atoms with Gasteiger partial charge in [0.05, 0.1) is 5.76 Å². The predicted molar refractivity (Wildman–Crippen MR) is 71.2 cm³/mol. The first-order valence-electron chi connectivity index (χ1n) is 6.82. The van der Waals surface area contributed by atoms with Crippen molar-refractivity contribution in [2.75, 3.05) is 26.2 Å². The van der Waals surface area contributed by atoms with Crippen molar-refractivity contribution < 1.29 is 5.11 Å². The Kier molecular flexibility index (Phi) is 3.79. The van der Waals surface area contributed by atoms with Gasteiger partial charge in [-0.05, 0) is 33.3 Å². The first-order valence-corrected chi connectivity index (χ1v) is 6.82. The molecule has 0 aliphatic carbocycles. The lowest BCUT2D eigenvalue weighted by atomic mass is 9.92. The highest BCUT2D eigenvalue weighted by Gasteiger charge is 2.45. The van der Waals surface area contributed by atoms with Crippen molar-refractivity contribution >= 4 is 0 Å². The van der Waals surface area contributed by atoms with Crippen molar-refractivity contribution in [2.24, 2.45) is 5.92 Å². The molecule has 2 heterocycles. The van der Waals surface area contributed by atoms with Gasteiger partial charge >= 0.3 is 0 Å². The molecule has 0 bridgehead atoms. The van der Waals surface area contributed by atoms with E-state index < -0.39 is 0 Å². The molecule has 3 heteroatoms. The lowest BCUT2D eigenvalue weighted by Gasteiger charge is -2.43. The van der Waals surface area contributed by atoms with Gasteiger partial charge in [0, 0.05) is 50.6 Å². The van der Waals surface area contributed by atoms with Crippen LogP contribution in [0.3, 0.4) is 0 Å². The summed E-state index contributed by atoms with van der Waals surface area (Å²) in [7, 11) is 0. The first-order chi connectivity index (χ1) is 7.99. The largest absolute Gasteiger partial charge is 0.512 e. The third-order valence-electron chi connectivity index (χ3n) is 4.32. The molecule has 1 N–H and O–H groups in total. The standard InChI is InChI=1S/C14H26N2O/c1-10(2)14(17)5-6-15-7-12-8-16(11(3)4)9-13(12)15/h11-13,17H,5-9H2,1-4H3. The quantitative estimate of drug-likeness (QED) is 0.761. The summed E-state index contributed by atoms with van der Waals surface area (Å²) in [6, 6.07) is 1.43. The van der Waals surface area contributed by atoms with Gasteiger partial charge in [0.1, 0.15) is 0 Å². The molecule has 2 saturated heterocycles. The molecule has 98 valence electrons. The fourth-order valence-corrected chi connectivity index (χ4v) is 2.96. The molecular weight excluding hydrogens is 212 g/mol. The number of likely N-dealkylation sites (tertiary alicyclic amines) is 2. The highest BCUT2D eigenvalue weighted by atomic mass is 16.3. The normalized spacial score (nSPS) is 29.2. The van der Waals surface area contributed by atoms with Crippen LogP contribution >= 0.6 is 0 Å². The first kappa shape index (κ1) is 12.9. The zero-order valence-electron chi connectivity index (χ0n) is 11.6. The third-order valence-corrected chi connectivity index (χ3v) is 4.32. The number of hydrogen-bond acceptors (Lipinski definition) is 3. The van der Waals surface area contributed by atoms with Crippen molar-refractivity contribution in [1.29, 1.82) is 0 Å². The molecule has 0 aromatic heterocycles. The zero-order valence-corrected chi connectivity index (χ0v) is 11.6. The van der Waals surface area contributed by atoms with Gasteiger partial charge in [-0.3, -0.25) is 9.80 Å². The van der Waals surface area contributed by atoms with Crippen LogP contribution in [0.5, 0.6) is 0 Å². The van der Waals surface area contributed by atoms with E-state index in [1.54, 1.807) is 0 Å². The number of allylic oxidation sites excluding steroid dienone is 1. The highest BCUT2D eigenvalue weighted by Crippen LogP contribution is 2.33. The Balaban J connectivity index is 1.78. The SMILES string of the molecule is CC(C)=C(O)CCN1CC2CN(C(C)C)CC21. The van der Waals surface area contributed by atoms with Crippen LogP contribution in [0.1, 0.15) is 34.1 Å². The Morgan fingerprint density at radius 1 is 1.24 bits per heavy atom. The molecule has 2 aliphatic heterocycles. The van der Waals surface area contributed by atoms with Crippen molar-refractivity contribution in [1.82, 2.24) is 9.80 Å². The summed E-state index contributed by atoms with van der Waals surface area (Å²) in [5, 5.41) is 9.72. The van der Waals surface area contributed by atoms with E-state index in [0.29, 0.717) is 11.8 Å². The van der Waals surface area contributed by atoms with Crippen LogP contribution in [0, 0.1) is 5.92 Å². The molecule has 0 radical (unpaired) electrons. The molecule has 2 atom stereocenters. The van der Waals surface area contributed by atoms with Gasteiger partial charge in [0.2, 0.25) is 0 Å². The lowest BCUT2D eigenvalue weighted by molar-refractivity contribution is 0.0500. The molecule has 0 saturated carbocycles. The minimum absolute atomic E-state index is 0.576. The van der Waals surface area contributed by atoms with Crippen molar-refractivity contribution in [3.05, 3.63) is 11.3 Å². The van der Waals surface area contributed by atoms with E-state index in [1.165, 1.54) is 19.6 Å². The second-order valence-corrected chi connectivity index (χ2v) is 6.07. The maximum atomic E-state index is 9.72. The van der Waals surface area contributed by atoms with Gasteiger partial charge in [-0.2, -0.15) is 0 Å². The Hall–Kier alpha value is -0.540. The molecule has 3 nitrogen and oxygen atoms in total. The van der Waals surface area contributed by atoms with Crippen LogP contribution < -0.4 is 0 Å². The zero-order chi connectivity index (χ0) is 12.6. The lowest BCUT2D eigenvalue weighted by Crippen LogP contribution is -2.55. The van der Waals surface area contributed by atoms with E-state index >= 15 is 0 Å². The van der Waals surface area contributed by atoms with Crippen molar-refractivity contribution in [3.63, 3.8) is 0 Å². The molecule has 2 rings (SSSR count). The van der Waals surface area contributed by atoms with Crippen LogP contribution in [0.15, 0.2) is 11.3 Å². The van der Waals surface area contributed by atoms with Crippen LogP contribution in [-0.2, 0) is 0 Å².